The number of esters is 1. The first-order valence-electron chi connectivity index (χ1n) is 9.40. The Hall–Kier alpha value is -4.20. The molecule has 2 N–H and O–H groups in total. The van der Waals surface area contributed by atoms with Gasteiger partial charge in [0, 0.05) is 6.07 Å². The Morgan fingerprint density at radius 3 is 2.68 bits per heavy atom. The molecule has 0 radical (unpaired) electrons. The van der Waals surface area contributed by atoms with Gasteiger partial charge in [0.15, 0.2) is 6.10 Å². The van der Waals surface area contributed by atoms with Gasteiger partial charge in [-0.25, -0.2) is 14.4 Å². The van der Waals surface area contributed by atoms with E-state index in [0.717, 1.165) is 11.0 Å². The number of nitro benzene ring substituents is 1. The smallest absolute Gasteiger partial charge is 0.373 e. The summed E-state index contributed by atoms with van der Waals surface area (Å²) >= 11 is 3.11. The molecule has 1 aliphatic rings. The van der Waals surface area contributed by atoms with Crippen molar-refractivity contribution in [3.05, 3.63) is 61.6 Å². The zero-order chi connectivity index (χ0) is 25.2. The van der Waals surface area contributed by atoms with Gasteiger partial charge >= 0.3 is 23.7 Å². The Bertz CT molecular complexity index is 1240. The fourth-order valence-corrected chi connectivity index (χ4v) is 3.43. The lowest BCUT2D eigenvalue weighted by Gasteiger charge is -2.13. The molecule has 1 aromatic heterocycles. The standard InChI is InChI=1S/C20H16BrN3O10/c1-9(18(26)27)33-16-12(21)5-10(7-14(16)24(30)31)6-13-17(25)23(20(29)22-13)8-11-3-4-15(34-11)19(28)32-2/h3-7,9H,8H2,1-2H3,(H,22,29)(H,26,27)/b13-6-/t9-/m1/s1. The molecule has 34 heavy (non-hydrogen) atoms. The van der Waals surface area contributed by atoms with Crippen LogP contribution in [-0.2, 0) is 20.9 Å². The van der Waals surface area contributed by atoms with Gasteiger partial charge < -0.3 is 24.3 Å². The summed E-state index contributed by atoms with van der Waals surface area (Å²) in [5.41, 5.74) is -0.558. The SMILES string of the molecule is COC(=O)c1ccc(CN2C(=O)N/C(=C\c3cc(Br)c(O[C@H](C)C(=O)O)c([N+](=O)[O-])c3)C2=O)o1. The summed E-state index contributed by atoms with van der Waals surface area (Å²) in [5, 5.41) is 22.9. The van der Waals surface area contributed by atoms with Gasteiger partial charge in [-0.1, -0.05) is 0 Å². The van der Waals surface area contributed by atoms with Crippen LogP contribution >= 0.6 is 15.9 Å². The zero-order valence-corrected chi connectivity index (χ0v) is 19.2. The molecular weight excluding hydrogens is 522 g/mol. The summed E-state index contributed by atoms with van der Waals surface area (Å²) < 4.78 is 15.0. The van der Waals surface area contributed by atoms with Crippen LogP contribution < -0.4 is 10.1 Å². The number of methoxy groups -OCH3 is 1. The molecule has 1 saturated heterocycles. The summed E-state index contributed by atoms with van der Waals surface area (Å²) in [5.74, 6) is -3.03. The fraction of sp³-hybridized carbons (Fsp3) is 0.200. The van der Waals surface area contributed by atoms with Gasteiger partial charge in [-0.2, -0.15) is 0 Å². The van der Waals surface area contributed by atoms with Crippen LogP contribution in [0.25, 0.3) is 6.08 Å². The number of aliphatic carboxylic acids is 1. The van der Waals surface area contributed by atoms with Gasteiger partial charge in [0.25, 0.3) is 5.91 Å². The van der Waals surface area contributed by atoms with E-state index >= 15 is 0 Å². The number of furan rings is 1. The van der Waals surface area contributed by atoms with Gasteiger partial charge in [0.2, 0.25) is 11.5 Å². The molecule has 1 fully saturated rings. The maximum Gasteiger partial charge on any atom is 0.373 e. The average molecular weight is 538 g/mol. The number of urea groups is 1. The molecule has 0 saturated carbocycles. The van der Waals surface area contributed by atoms with E-state index in [4.69, 9.17) is 14.3 Å². The van der Waals surface area contributed by atoms with Gasteiger partial charge in [-0.15, -0.1) is 0 Å². The summed E-state index contributed by atoms with van der Waals surface area (Å²) in [7, 11) is 1.17. The van der Waals surface area contributed by atoms with Crippen LogP contribution in [0.1, 0.15) is 28.8 Å². The number of carboxylic acid groups (broad SMARTS) is 1. The van der Waals surface area contributed by atoms with Crippen LogP contribution in [0.4, 0.5) is 10.5 Å². The van der Waals surface area contributed by atoms with Crippen LogP contribution in [0.15, 0.2) is 38.9 Å². The van der Waals surface area contributed by atoms with Gasteiger partial charge in [0.1, 0.15) is 11.5 Å². The van der Waals surface area contributed by atoms with Crippen molar-refractivity contribution in [3.8, 4) is 5.75 Å². The first-order valence-corrected chi connectivity index (χ1v) is 10.2. The number of nitrogens with one attached hydrogen (secondary N) is 1. The fourth-order valence-electron chi connectivity index (χ4n) is 2.87. The minimum Gasteiger partial charge on any atom is -0.479 e. The zero-order valence-electron chi connectivity index (χ0n) is 17.6. The van der Waals surface area contributed by atoms with Crippen molar-refractivity contribution in [2.24, 2.45) is 0 Å². The van der Waals surface area contributed by atoms with E-state index in [0.29, 0.717) is 0 Å². The number of nitro groups is 1. The molecule has 1 aromatic carbocycles. The quantitative estimate of drug-likeness (QED) is 0.167. The predicted octanol–water partition coefficient (Wildman–Crippen LogP) is 2.68. The van der Waals surface area contributed by atoms with Crippen molar-refractivity contribution in [2.75, 3.05) is 7.11 Å². The highest BCUT2D eigenvalue weighted by Gasteiger charge is 2.35. The molecule has 1 aliphatic heterocycles. The number of imide groups is 1. The Kier molecular flexibility index (Phi) is 7.00. The molecule has 2 heterocycles. The summed E-state index contributed by atoms with van der Waals surface area (Å²) in [6.07, 6.45) is -0.144. The molecule has 13 nitrogen and oxygen atoms in total. The van der Waals surface area contributed by atoms with E-state index in [1.54, 1.807) is 0 Å². The van der Waals surface area contributed by atoms with E-state index in [9.17, 15) is 29.3 Å². The molecular formula is C20H16BrN3O10. The van der Waals surface area contributed by atoms with Crippen molar-refractivity contribution < 1.29 is 43.1 Å². The number of hydrogen-bond donors (Lipinski definition) is 2. The molecule has 0 spiro atoms. The van der Waals surface area contributed by atoms with Crippen LogP contribution in [0, 0.1) is 10.1 Å². The largest absolute Gasteiger partial charge is 0.479 e. The number of hydrogen-bond acceptors (Lipinski definition) is 9. The number of amides is 3. The lowest BCUT2D eigenvalue weighted by atomic mass is 10.1. The first-order chi connectivity index (χ1) is 16.0. The van der Waals surface area contributed by atoms with Crippen LogP contribution in [-0.4, -0.2) is 52.0 Å². The summed E-state index contributed by atoms with van der Waals surface area (Å²) in [6.45, 7) is 0.936. The average Bonchev–Trinajstić information content (AvgIpc) is 3.35. The van der Waals surface area contributed by atoms with Crippen molar-refractivity contribution in [3.63, 3.8) is 0 Å². The monoisotopic (exact) mass is 537 g/mol. The van der Waals surface area contributed by atoms with Crippen LogP contribution in [0.5, 0.6) is 5.75 Å². The summed E-state index contributed by atoms with van der Waals surface area (Å²) in [4.78, 5) is 59.1. The third kappa shape index (κ3) is 5.06. The topological polar surface area (TPSA) is 179 Å². The molecule has 0 unspecified atom stereocenters. The maximum atomic E-state index is 12.7. The number of ether oxygens (including phenoxy) is 2. The molecule has 2 aromatic rings. The second-order valence-electron chi connectivity index (χ2n) is 6.84. The van der Waals surface area contributed by atoms with Gasteiger partial charge in [0.05, 0.1) is 23.1 Å². The van der Waals surface area contributed by atoms with Gasteiger partial charge in [-0.05, 0) is 52.7 Å². The number of carboxylic acids is 1. The van der Waals surface area contributed by atoms with E-state index in [-0.39, 0.29) is 39.5 Å². The molecule has 14 heteroatoms. The Morgan fingerprint density at radius 1 is 1.35 bits per heavy atom. The van der Waals surface area contributed by atoms with E-state index < -0.39 is 40.6 Å². The van der Waals surface area contributed by atoms with E-state index in [1.807, 2.05) is 0 Å². The van der Waals surface area contributed by atoms with Gasteiger partial charge in [-0.3, -0.25) is 19.8 Å². The number of carbonyl (C=O) groups is 4. The normalized spacial score (nSPS) is 15.3. The van der Waals surface area contributed by atoms with Crippen molar-refractivity contribution >= 4 is 51.6 Å². The second kappa shape index (κ2) is 9.74. The third-order valence-corrected chi connectivity index (χ3v) is 5.11. The van der Waals surface area contributed by atoms with Crippen LogP contribution in [0.3, 0.4) is 0 Å². The highest BCUT2D eigenvalue weighted by Crippen LogP contribution is 2.38. The predicted molar refractivity (Wildman–Crippen MR) is 116 cm³/mol. The number of carbonyl (C=O) groups excluding carboxylic acids is 3. The lowest BCUT2D eigenvalue weighted by Crippen LogP contribution is -2.30. The van der Waals surface area contributed by atoms with Crippen LogP contribution in [0.2, 0.25) is 0 Å². The Morgan fingerprint density at radius 2 is 2.06 bits per heavy atom. The molecule has 178 valence electrons. The minimum atomic E-state index is -1.36. The lowest BCUT2D eigenvalue weighted by molar-refractivity contribution is -0.386. The molecule has 1 atom stereocenters. The minimum absolute atomic E-state index is 0.0706. The number of halogens is 1. The maximum absolute atomic E-state index is 12.7. The second-order valence-corrected chi connectivity index (χ2v) is 7.70. The number of nitrogens with zero attached hydrogens (tertiary/aromatic N) is 2. The van der Waals surface area contributed by atoms with Crippen molar-refractivity contribution in [2.45, 2.75) is 19.6 Å². The third-order valence-electron chi connectivity index (χ3n) is 4.52. The molecule has 3 amide bonds. The number of benzene rings is 1. The summed E-state index contributed by atoms with van der Waals surface area (Å²) in [6, 6.07) is 4.41. The highest BCUT2D eigenvalue weighted by atomic mass is 79.9. The van der Waals surface area contributed by atoms with Crippen molar-refractivity contribution in [1.29, 1.82) is 0 Å². The van der Waals surface area contributed by atoms with E-state index in [2.05, 4.69) is 26.0 Å². The first kappa shape index (κ1) is 24.4. The Balaban J connectivity index is 1.86. The molecule has 0 aliphatic carbocycles. The molecule has 3 rings (SSSR count). The number of rotatable bonds is 8. The van der Waals surface area contributed by atoms with Crippen molar-refractivity contribution in [1.82, 2.24) is 10.2 Å². The highest BCUT2D eigenvalue weighted by molar-refractivity contribution is 9.10. The van der Waals surface area contributed by atoms with E-state index in [1.165, 1.54) is 38.3 Å². The Labute approximate surface area is 199 Å². The molecule has 0 bridgehead atoms.